The SMILES string of the molecule is Cc1cc(Nc2nc(C)c(C)s2)cc([C@H]2CN(Cc3cnn(C)c3C)CCO2)n1. The molecule has 29 heavy (non-hydrogen) atoms. The van der Waals surface area contributed by atoms with Crippen LogP contribution in [-0.4, -0.2) is 44.3 Å². The van der Waals surface area contributed by atoms with Crippen LogP contribution >= 0.6 is 11.3 Å². The lowest BCUT2D eigenvalue weighted by molar-refractivity contribution is -0.0350. The number of nitrogens with one attached hydrogen (secondary N) is 1. The van der Waals surface area contributed by atoms with Crippen molar-refractivity contribution in [2.75, 3.05) is 25.0 Å². The predicted octanol–water partition coefficient (Wildman–Crippen LogP) is 3.82. The highest BCUT2D eigenvalue weighted by molar-refractivity contribution is 7.15. The number of thiazole rings is 1. The van der Waals surface area contributed by atoms with E-state index in [9.17, 15) is 0 Å². The molecule has 3 aromatic rings. The number of pyridine rings is 1. The number of anilines is 2. The average molecular weight is 413 g/mol. The number of nitrogens with zero attached hydrogens (tertiary/aromatic N) is 5. The minimum atomic E-state index is -0.0408. The van der Waals surface area contributed by atoms with Crippen LogP contribution in [0.3, 0.4) is 0 Å². The molecule has 154 valence electrons. The molecule has 0 bridgehead atoms. The van der Waals surface area contributed by atoms with Crippen LogP contribution in [0.15, 0.2) is 18.3 Å². The molecular weight excluding hydrogens is 384 g/mol. The third kappa shape index (κ3) is 4.49. The summed E-state index contributed by atoms with van der Waals surface area (Å²) in [6.07, 6.45) is 1.92. The molecule has 0 amide bonds. The largest absolute Gasteiger partial charge is 0.369 e. The van der Waals surface area contributed by atoms with E-state index in [2.05, 4.69) is 46.3 Å². The molecule has 1 aliphatic heterocycles. The molecule has 0 aliphatic carbocycles. The fraction of sp³-hybridized carbons (Fsp3) is 0.476. The molecule has 7 nitrogen and oxygen atoms in total. The standard InChI is InChI=1S/C21H28N6OS/c1-13-8-18(25-21-24-14(2)16(4)29-21)9-19(23-13)20-12-27(6-7-28-20)11-17-10-22-26(5)15(17)3/h8-10,20H,6-7,11-12H2,1-5H3,(H,23,24,25)/t20-/m1/s1. The Morgan fingerprint density at radius 1 is 1.21 bits per heavy atom. The van der Waals surface area contributed by atoms with Gasteiger partial charge >= 0.3 is 0 Å². The summed E-state index contributed by atoms with van der Waals surface area (Å²) in [6, 6.07) is 4.14. The summed E-state index contributed by atoms with van der Waals surface area (Å²) in [7, 11) is 1.98. The highest BCUT2D eigenvalue weighted by atomic mass is 32.1. The molecule has 1 aliphatic rings. The molecule has 3 aromatic heterocycles. The summed E-state index contributed by atoms with van der Waals surface area (Å²) in [5, 5.41) is 8.71. The Labute approximate surface area is 175 Å². The third-order valence-electron chi connectivity index (χ3n) is 5.46. The van der Waals surface area contributed by atoms with Crippen molar-refractivity contribution >= 4 is 22.2 Å². The first-order valence-corrected chi connectivity index (χ1v) is 10.7. The lowest BCUT2D eigenvalue weighted by atomic mass is 10.1. The summed E-state index contributed by atoms with van der Waals surface area (Å²) in [5.41, 5.74) is 6.49. The molecule has 0 saturated carbocycles. The van der Waals surface area contributed by atoms with Crippen LogP contribution in [0.2, 0.25) is 0 Å². The highest BCUT2D eigenvalue weighted by Gasteiger charge is 2.24. The fourth-order valence-electron chi connectivity index (χ4n) is 3.55. The van der Waals surface area contributed by atoms with Gasteiger partial charge in [0.1, 0.15) is 6.10 Å². The van der Waals surface area contributed by atoms with E-state index in [1.54, 1.807) is 11.3 Å². The van der Waals surface area contributed by atoms with E-state index in [1.807, 2.05) is 31.8 Å². The molecule has 8 heteroatoms. The van der Waals surface area contributed by atoms with E-state index in [1.165, 1.54) is 16.1 Å². The van der Waals surface area contributed by atoms with E-state index >= 15 is 0 Å². The van der Waals surface area contributed by atoms with Crippen LogP contribution < -0.4 is 5.32 Å². The Morgan fingerprint density at radius 3 is 2.72 bits per heavy atom. The lowest BCUT2D eigenvalue weighted by Crippen LogP contribution is -2.38. The zero-order valence-corrected chi connectivity index (χ0v) is 18.5. The van der Waals surface area contributed by atoms with E-state index in [0.717, 1.165) is 47.5 Å². The molecule has 4 rings (SSSR count). The van der Waals surface area contributed by atoms with Crippen molar-refractivity contribution in [2.45, 2.75) is 40.3 Å². The van der Waals surface area contributed by atoms with Crippen molar-refractivity contribution in [2.24, 2.45) is 7.05 Å². The summed E-state index contributed by atoms with van der Waals surface area (Å²) in [4.78, 5) is 13.0. The monoisotopic (exact) mass is 412 g/mol. The summed E-state index contributed by atoms with van der Waals surface area (Å²) in [5.74, 6) is 0. The summed E-state index contributed by atoms with van der Waals surface area (Å²) >= 11 is 1.67. The smallest absolute Gasteiger partial charge is 0.187 e. The Kier molecular flexibility index (Phi) is 5.67. The maximum Gasteiger partial charge on any atom is 0.187 e. The van der Waals surface area contributed by atoms with Gasteiger partial charge in [0.15, 0.2) is 5.13 Å². The molecule has 1 fully saturated rings. The van der Waals surface area contributed by atoms with Gasteiger partial charge in [0.05, 0.1) is 24.2 Å². The maximum atomic E-state index is 6.09. The van der Waals surface area contributed by atoms with Gasteiger partial charge in [0, 0.05) is 54.2 Å². The molecule has 1 saturated heterocycles. The second-order valence-electron chi connectivity index (χ2n) is 7.68. The zero-order valence-electron chi connectivity index (χ0n) is 17.7. The number of aromatic nitrogens is 4. The van der Waals surface area contributed by atoms with Crippen LogP contribution in [0.25, 0.3) is 0 Å². The van der Waals surface area contributed by atoms with Crippen LogP contribution in [0.5, 0.6) is 0 Å². The Morgan fingerprint density at radius 2 is 2.03 bits per heavy atom. The Balaban J connectivity index is 1.49. The highest BCUT2D eigenvalue weighted by Crippen LogP contribution is 2.28. The Bertz CT molecular complexity index is 991. The number of hydrogen-bond donors (Lipinski definition) is 1. The van der Waals surface area contributed by atoms with Gasteiger partial charge in [-0.3, -0.25) is 14.6 Å². The van der Waals surface area contributed by atoms with Gasteiger partial charge in [0.25, 0.3) is 0 Å². The number of ether oxygens (including phenoxy) is 1. The maximum absolute atomic E-state index is 6.09. The topological polar surface area (TPSA) is 68.1 Å². The van der Waals surface area contributed by atoms with Gasteiger partial charge in [0.2, 0.25) is 0 Å². The quantitative estimate of drug-likeness (QED) is 0.687. The molecule has 0 spiro atoms. The van der Waals surface area contributed by atoms with E-state index < -0.39 is 0 Å². The van der Waals surface area contributed by atoms with E-state index in [-0.39, 0.29) is 6.10 Å². The predicted molar refractivity (Wildman–Crippen MR) is 116 cm³/mol. The van der Waals surface area contributed by atoms with Crippen LogP contribution in [0.4, 0.5) is 10.8 Å². The van der Waals surface area contributed by atoms with E-state index in [4.69, 9.17) is 9.72 Å². The number of rotatable bonds is 5. The van der Waals surface area contributed by atoms with Gasteiger partial charge in [-0.1, -0.05) is 0 Å². The molecule has 1 atom stereocenters. The van der Waals surface area contributed by atoms with Crippen molar-refractivity contribution in [1.29, 1.82) is 0 Å². The molecule has 1 N–H and O–H groups in total. The number of aryl methyl sites for hydroxylation is 4. The van der Waals surface area contributed by atoms with Crippen LogP contribution in [0.1, 0.15) is 39.3 Å². The van der Waals surface area contributed by atoms with Crippen molar-refractivity contribution in [1.82, 2.24) is 24.6 Å². The molecule has 0 unspecified atom stereocenters. The van der Waals surface area contributed by atoms with Crippen molar-refractivity contribution < 1.29 is 4.74 Å². The normalized spacial score (nSPS) is 17.6. The van der Waals surface area contributed by atoms with E-state index in [0.29, 0.717) is 6.61 Å². The van der Waals surface area contributed by atoms with Gasteiger partial charge in [-0.05, 0) is 39.8 Å². The number of morpholine rings is 1. The lowest BCUT2D eigenvalue weighted by Gasteiger charge is -2.32. The average Bonchev–Trinajstić information content (AvgIpc) is 3.16. The first kappa shape index (κ1) is 20.0. The molecule has 4 heterocycles. The molecular formula is C21H28N6OS. The van der Waals surface area contributed by atoms with Gasteiger partial charge in [-0.15, -0.1) is 11.3 Å². The summed E-state index contributed by atoms with van der Waals surface area (Å²) in [6.45, 7) is 11.6. The first-order chi connectivity index (χ1) is 13.9. The fourth-order valence-corrected chi connectivity index (χ4v) is 4.38. The first-order valence-electron chi connectivity index (χ1n) is 9.90. The van der Waals surface area contributed by atoms with Gasteiger partial charge in [-0.25, -0.2) is 4.98 Å². The van der Waals surface area contributed by atoms with Gasteiger partial charge in [-0.2, -0.15) is 5.10 Å². The van der Waals surface area contributed by atoms with Crippen LogP contribution in [-0.2, 0) is 18.3 Å². The second kappa shape index (κ2) is 8.22. The van der Waals surface area contributed by atoms with Crippen LogP contribution in [0, 0.1) is 27.7 Å². The van der Waals surface area contributed by atoms with Crippen molar-refractivity contribution in [3.63, 3.8) is 0 Å². The van der Waals surface area contributed by atoms with Crippen molar-refractivity contribution in [3.8, 4) is 0 Å². The minimum absolute atomic E-state index is 0.0408. The third-order valence-corrected chi connectivity index (χ3v) is 6.45. The number of hydrogen-bond acceptors (Lipinski definition) is 7. The molecule has 0 radical (unpaired) electrons. The summed E-state index contributed by atoms with van der Waals surface area (Å²) < 4.78 is 8.01. The zero-order chi connectivity index (χ0) is 20.5. The minimum Gasteiger partial charge on any atom is -0.369 e. The Hall–Kier alpha value is -2.29. The van der Waals surface area contributed by atoms with Crippen molar-refractivity contribution in [3.05, 3.63) is 51.5 Å². The molecule has 0 aromatic carbocycles. The van der Waals surface area contributed by atoms with Gasteiger partial charge < -0.3 is 10.1 Å². The second-order valence-corrected chi connectivity index (χ2v) is 8.88.